The molecule has 0 aliphatic heterocycles. The van der Waals surface area contributed by atoms with E-state index in [1.807, 2.05) is 6.92 Å². The van der Waals surface area contributed by atoms with Gasteiger partial charge in [0.1, 0.15) is 0 Å². The Bertz CT molecular complexity index is 993. The van der Waals surface area contributed by atoms with E-state index in [-0.39, 0.29) is 11.8 Å². The number of allylic oxidation sites excluding steroid dienone is 2. The van der Waals surface area contributed by atoms with Gasteiger partial charge in [-0.05, 0) is 51.3 Å². The summed E-state index contributed by atoms with van der Waals surface area (Å²) in [5, 5.41) is 5.08. The van der Waals surface area contributed by atoms with E-state index >= 15 is 0 Å². The Balaban J connectivity index is 1.93. The Morgan fingerprint density at radius 3 is 2.73 bits per heavy atom. The lowest BCUT2D eigenvalue weighted by atomic mass is 9.88. The molecule has 4 rings (SSSR count). The minimum Gasteiger partial charge on any atom is -0.369 e. The molecule has 2 aromatic carbocycles. The van der Waals surface area contributed by atoms with Gasteiger partial charge in [0.2, 0.25) is 5.91 Å². The highest BCUT2D eigenvalue weighted by molar-refractivity contribution is 5.96. The van der Waals surface area contributed by atoms with Gasteiger partial charge in [-0.15, -0.1) is 0 Å². The zero-order valence-corrected chi connectivity index (χ0v) is 12.5. The molecule has 1 unspecified atom stereocenters. The summed E-state index contributed by atoms with van der Waals surface area (Å²) < 4.78 is 0. The van der Waals surface area contributed by atoms with Gasteiger partial charge in [-0.2, -0.15) is 0 Å². The Morgan fingerprint density at radius 2 is 1.91 bits per heavy atom. The topological polar surface area (TPSA) is 43.1 Å². The number of fused-ring (bicyclic) bond motifs is 5. The number of nitrogens with two attached hydrogens (primary N) is 1. The molecular weight excluding hydrogens is 270 g/mol. The fourth-order valence-electron chi connectivity index (χ4n) is 3.39. The molecule has 0 bridgehead atoms. The number of rotatable bonds is 2. The van der Waals surface area contributed by atoms with Gasteiger partial charge in [0.15, 0.2) is 0 Å². The molecule has 2 aromatic rings. The zero-order valence-electron chi connectivity index (χ0n) is 12.5. The summed E-state index contributed by atoms with van der Waals surface area (Å²) >= 11 is 0. The monoisotopic (exact) mass is 287 g/mol. The van der Waals surface area contributed by atoms with E-state index in [1.54, 1.807) is 0 Å². The molecule has 2 N–H and O–H groups in total. The third-order valence-corrected chi connectivity index (χ3v) is 4.75. The molecule has 22 heavy (non-hydrogen) atoms. The van der Waals surface area contributed by atoms with Crippen LogP contribution in [0.1, 0.15) is 18.1 Å². The first kappa shape index (κ1) is 13.1. The van der Waals surface area contributed by atoms with E-state index in [0.29, 0.717) is 0 Å². The molecule has 2 heteroatoms. The smallest absolute Gasteiger partial charge is 0.224 e. The summed E-state index contributed by atoms with van der Waals surface area (Å²) in [6.45, 7) is 1.87. The van der Waals surface area contributed by atoms with Gasteiger partial charge < -0.3 is 5.73 Å². The standard InChI is InChI=1S/C20H17NO/c1-12(20(21)22)14-6-8-17-15(11-14)7-10-18-16-4-2-3-13(16)5-9-19(17)18/h2-7,9-12H,8H2,1H3,(H2,21,22). The van der Waals surface area contributed by atoms with Crippen molar-refractivity contribution in [3.05, 3.63) is 63.6 Å². The summed E-state index contributed by atoms with van der Waals surface area (Å²) in [6.07, 6.45) is 11.5. The average molecular weight is 287 g/mol. The molecule has 1 atom stereocenters. The number of primary amides is 1. The van der Waals surface area contributed by atoms with Gasteiger partial charge >= 0.3 is 0 Å². The predicted octanol–water partition coefficient (Wildman–Crippen LogP) is 2.03. The molecule has 0 saturated carbocycles. The van der Waals surface area contributed by atoms with E-state index in [2.05, 4.69) is 54.6 Å². The highest BCUT2D eigenvalue weighted by Gasteiger charge is 2.16. The van der Waals surface area contributed by atoms with Crippen LogP contribution in [0.4, 0.5) is 0 Å². The second-order valence-electron chi connectivity index (χ2n) is 6.00. The molecule has 0 fully saturated rings. The van der Waals surface area contributed by atoms with Gasteiger partial charge in [0.05, 0.1) is 5.92 Å². The normalized spacial score (nSPS) is 16.3. The van der Waals surface area contributed by atoms with Crippen LogP contribution < -0.4 is 16.2 Å². The SMILES string of the molecule is CC(C(N)=O)C1=CCc2c(ccc3c4c(ccc23)=CC=C4)=C1. The number of amides is 1. The lowest BCUT2D eigenvalue weighted by Crippen LogP contribution is -2.24. The zero-order chi connectivity index (χ0) is 15.3. The Hall–Kier alpha value is -2.61. The van der Waals surface area contributed by atoms with E-state index in [1.165, 1.54) is 32.3 Å². The Kier molecular flexibility index (Phi) is 2.80. The van der Waals surface area contributed by atoms with Crippen LogP contribution in [-0.4, -0.2) is 5.91 Å². The maximum Gasteiger partial charge on any atom is 0.224 e. The maximum absolute atomic E-state index is 11.4. The minimum absolute atomic E-state index is 0.235. The van der Waals surface area contributed by atoms with Crippen LogP contribution in [0, 0.1) is 5.92 Å². The summed E-state index contributed by atoms with van der Waals surface area (Å²) in [4.78, 5) is 11.4. The number of benzene rings is 2. The number of carbonyl (C=O) groups is 1. The summed E-state index contributed by atoms with van der Waals surface area (Å²) in [5.74, 6) is -0.508. The van der Waals surface area contributed by atoms with Crippen LogP contribution in [0.15, 0.2) is 42.0 Å². The molecule has 0 heterocycles. The van der Waals surface area contributed by atoms with Crippen LogP contribution in [0.25, 0.3) is 29.0 Å². The summed E-state index contributed by atoms with van der Waals surface area (Å²) in [6, 6.07) is 8.74. The number of hydrogen-bond donors (Lipinski definition) is 1. The van der Waals surface area contributed by atoms with Crippen molar-refractivity contribution >= 4 is 34.9 Å². The van der Waals surface area contributed by atoms with Gasteiger partial charge in [-0.1, -0.05) is 54.6 Å². The van der Waals surface area contributed by atoms with Crippen molar-refractivity contribution < 1.29 is 4.79 Å². The Labute approximate surface area is 128 Å². The molecule has 0 radical (unpaired) electrons. The second-order valence-corrected chi connectivity index (χ2v) is 6.00. The quantitative estimate of drug-likeness (QED) is 0.902. The molecule has 1 amide bonds. The van der Waals surface area contributed by atoms with Crippen molar-refractivity contribution in [2.45, 2.75) is 13.3 Å². The molecular formula is C20H17NO. The highest BCUT2D eigenvalue weighted by atomic mass is 16.1. The van der Waals surface area contributed by atoms with Crippen molar-refractivity contribution in [3.63, 3.8) is 0 Å². The largest absolute Gasteiger partial charge is 0.369 e. The lowest BCUT2D eigenvalue weighted by Gasteiger charge is -2.16. The van der Waals surface area contributed by atoms with E-state index in [9.17, 15) is 4.79 Å². The van der Waals surface area contributed by atoms with Crippen LogP contribution in [-0.2, 0) is 11.2 Å². The lowest BCUT2D eigenvalue weighted by molar-refractivity contribution is -0.120. The van der Waals surface area contributed by atoms with Crippen LogP contribution in [0.3, 0.4) is 0 Å². The molecule has 0 spiro atoms. The third kappa shape index (κ3) is 1.84. The molecule has 0 saturated heterocycles. The summed E-state index contributed by atoms with van der Waals surface area (Å²) in [7, 11) is 0. The van der Waals surface area contributed by atoms with E-state index in [4.69, 9.17) is 5.73 Å². The first-order valence-corrected chi connectivity index (χ1v) is 7.59. The molecule has 0 aromatic heterocycles. The fourth-order valence-corrected chi connectivity index (χ4v) is 3.39. The van der Waals surface area contributed by atoms with Crippen LogP contribution >= 0.6 is 0 Å². The van der Waals surface area contributed by atoms with Crippen LogP contribution in [0.5, 0.6) is 0 Å². The number of hydrogen-bond acceptors (Lipinski definition) is 1. The van der Waals surface area contributed by atoms with E-state index in [0.717, 1.165) is 12.0 Å². The molecule has 108 valence electrons. The van der Waals surface area contributed by atoms with E-state index < -0.39 is 0 Å². The summed E-state index contributed by atoms with van der Waals surface area (Å²) in [5.41, 5.74) is 9.09. The van der Waals surface area contributed by atoms with Crippen molar-refractivity contribution in [2.75, 3.05) is 0 Å². The fraction of sp³-hybridized carbons (Fsp3) is 0.150. The van der Waals surface area contributed by atoms with Gasteiger partial charge in [0.25, 0.3) is 0 Å². The van der Waals surface area contributed by atoms with Crippen molar-refractivity contribution in [3.8, 4) is 0 Å². The molecule has 2 aliphatic carbocycles. The minimum atomic E-state index is -0.273. The average Bonchev–Trinajstić information content (AvgIpc) is 3.01. The van der Waals surface area contributed by atoms with Crippen LogP contribution in [0.2, 0.25) is 0 Å². The molecule has 2 nitrogen and oxygen atoms in total. The first-order chi connectivity index (χ1) is 10.6. The Morgan fingerprint density at radius 1 is 1.14 bits per heavy atom. The third-order valence-electron chi connectivity index (χ3n) is 4.75. The second kappa shape index (κ2) is 4.70. The van der Waals surface area contributed by atoms with Crippen molar-refractivity contribution in [1.29, 1.82) is 0 Å². The van der Waals surface area contributed by atoms with Gasteiger partial charge in [0, 0.05) is 0 Å². The first-order valence-electron chi connectivity index (χ1n) is 7.59. The predicted molar refractivity (Wildman–Crippen MR) is 91.3 cm³/mol. The van der Waals surface area contributed by atoms with Crippen molar-refractivity contribution in [1.82, 2.24) is 0 Å². The highest BCUT2D eigenvalue weighted by Crippen LogP contribution is 2.24. The van der Waals surface area contributed by atoms with Gasteiger partial charge in [-0.25, -0.2) is 0 Å². The van der Waals surface area contributed by atoms with Gasteiger partial charge in [-0.3, -0.25) is 4.79 Å². The van der Waals surface area contributed by atoms with Crippen molar-refractivity contribution in [2.24, 2.45) is 11.7 Å². The maximum atomic E-state index is 11.4. The number of carbonyl (C=O) groups excluding carboxylic acids is 1. The molecule has 2 aliphatic rings.